The molecule has 9 heteroatoms. The summed E-state index contributed by atoms with van der Waals surface area (Å²) in [6, 6.07) is 10.9. The zero-order valence-electron chi connectivity index (χ0n) is 14.8. The summed E-state index contributed by atoms with van der Waals surface area (Å²) in [5, 5.41) is 19.0. The Labute approximate surface area is 177 Å². The van der Waals surface area contributed by atoms with Gasteiger partial charge in [0.15, 0.2) is 29.0 Å². The highest BCUT2D eigenvalue weighted by molar-refractivity contribution is 14.2. The Bertz CT molecular complexity index is 1190. The fraction of sp³-hybridized carbons (Fsp3) is 0.100. The summed E-state index contributed by atoms with van der Waals surface area (Å²) in [4.78, 5) is -0.120. The second-order valence-corrected chi connectivity index (χ2v) is 11.3. The molecule has 0 aliphatic rings. The minimum absolute atomic E-state index is 0.0529. The Hall–Kier alpha value is -2.27. The molecule has 0 aromatic heterocycles. The van der Waals surface area contributed by atoms with Crippen LogP contribution in [0.5, 0.6) is 11.5 Å². The van der Waals surface area contributed by atoms with Crippen LogP contribution in [0, 0.1) is 17.5 Å². The zero-order valence-corrected chi connectivity index (χ0v) is 17.8. The van der Waals surface area contributed by atoms with Crippen molar-refractivity contribution in [1.29, 1.82) is 0 Å². The molecule has 0 aliphatic carbocycles. The second-order valence-electron chi connectivity index (χ2n) is 6.51. The first-order chi connectivity index (χ1) is 13.5. The van der Waals surface area contributed by atoms with Gasteiger partial charge in [0.05, 0.1) is 26.1 Å². The highest BCUT2D eigenvalue weighted by Crippen LogP contribution is 2.44. The first kappa shape index (κ1) is 21.4. The number of halogens is 4. The lowest BCUT2D eigenvalue weighted by molar-refractivity contribution is 0.394. The molecule has 3 aromatic rings. The topological polar surface area (TPSA) is 74.6 Å². The summed E-state index contributed by atoms with van der Waals surface area (Å²) >= 11 is 1.25. The Balaban J connectivity index is 2.46. The van der Waals surface area contributed by atoms with Crippen LogP contribution in [0.1, 0.15) is 23.6 Å². The summed E-state index contributed by atoms with van der Waals surface area (Å²) in [6.07, 6.45) is 0. The number of rotatable bonds is 4. The van der Waals surface area contributed by atoms with Crippen molar-refractivity contribution < 1.29 is 31.8 Å². The summed E-state index contributed by atoms with van der Waals surface area (Å²) in [7, 11) is -3.79. The molecule has 0 saturated carbocycles. The number of hydrogen-bond donors (Lipinski definition) is 2. The van der Waals surface area contributed by atoms with Gasteiger partial charge in [-0.1, -0.05) is 24.3 Å². The van der Waals surface area contributed by atoms with Crippen molar-refractivity contribution in [1.82, 2.24) is 0 Å². The Kier molecular flexibility index (Phi) is 5.56. The van der Waals surface area contributed by atoms with E-state index < -0.39 is 41.4 Å². The van der Waals surface area contributed by atoms with Crippen molar-refractivity contribution in [3.8, 4) is 11.5 Å². The van der Waals surface area contributed by atoms with Crippen molar-refractivity contribution >= 4 is 28.2 Å². The van der Waals surface area contributed by atoms with E-state index in [1.807, 2.05) is 0 Å². The first-order valence-corrected chi connectivity index (χ1v) is 12.2. The van der Waals surface area contributed by atoms with Crippen LogP contribution >= 0.6 is 21.2 Å². The molecule has 0 fully saturated rings. The van der Waals surface area contributed by atoms with Crippen LogP contribution in [0.15, 0.2) is 59.5 Å². The van der Waals surface area contributed by atoms with Gasteiger partial charge in [-0.25, -0.2) is 21.6 Å². The Morgan fingerprint density at radius 1 is 0.862 bits per heavy atom. The Morgan fingerprint density at radius 3 is 1.97 bits per heavy atom. The van der Waals surface area contributed by atoms with Gasteiger partial charge >= 0.3 is 0 Å². The highest BCUT2D eigenvalue weighted by Gasteiger charge is 2.37. The van der Waals surface area contributed by atoms with Crippen LogP contribution in [0.2, 0.25) is 0 Å². The quantitative estimate of drug-likeness (QED) is 0.281. The maximum Gasteiger partial charge on any atom is 0.231 e. The molecule has 4 nitrogen and oxygen atoms in total. The number of aromatic hydroxyl groups is 2. The monoisotopic (exact) mass is 534 g/mol. The van der Waals surface area contributed by atoms with Crippen LogP contribution in [0.4, 0.5) is 13.2 Å². The SMILES string of the molecule is CC(c1ccc(O)c(F)c1)(c1cc(F)c(O)c(F)c1)c1ccccc1S(=O)(=O)I. The van der Waals surface area contributed by atoms with E-state index >= 15 is 0 Å². The smallest absolute Gasteiger partial charge is 0.231 e. The number of phenols is 2. The van der Waals surface area contributed by atoms with Gasteiger partial charge in [0.25, 0.3) is 0 Å². The molecule has 3 rings (SSSR count). The molecule has 0 heterocycles. The van der Waals surface area contributed by atoms with Crippen LogP contribution in [-0.4, -0.2) is 18.6 Å². The average molecular weight is 534 g/mol. The lowest BCUT2D eigenvalue weighted by Crippen LogP contribution is -2.28. The van der Waals surface area contributed by atoms with Gasteiger partial charge in [0.2, 0.25) is 7.01 Å². The summed E-state index contributed by atoms with van der Waals surface area (Å²) in [5.74, 6) is -5.29. The lowest BCUT2D eigenvalue weighted by atomic mass is 9.71. The normalized spacial score (nSPS) is 13.8. The number of phenolic OH excluding ortho intramolecular Hbond substituents is 2. The predicted molar refractivity (Wildman–Crippen MR) is 109 cm³/mol. The van der Waals surface area contributed by atoms with Gasteiger partial charge in [0.1, 0.15) is 0 Å². The molecule has 0 radical (unpaired) electrons. The molecule has 152 valence electrons. The van der Waals surface area contributed by atoms with Gasteiger partial charge in [-0.05, 0) is 53.9 Å². The van der Waals surface area contributed by atoms with E-state index in [-0.39, 0.29) is 21.6 Å². The molecule has 1 atom stereocenters. The molecular formula is C20H14F3IO4S. The van der Waals surface area contributed by atoms with Gasteiger partial charge in [-0.15, -0.1) is 0 Å². The molecule has 0 saturated heterocycles. The van der Waals surface area contributed by atoms with Gasteiger partial charge < -0.3 is 10.2 Å². The summed E-state index contributed by atoms with van der Waals surface area (Å²) in [5.41, 5.74) is -1.31. The van der Waals surface area contributed by atoms with Crippen LogP contribution in [0.3, 0.4) is 0 Å². The van der Waals surface area contributed by atoms with E-state index in [1.54, 1.807) is 6.07 Å². The van der Waals surface area contributed by atoms with E-state index in [1.165, 1.54) is 52.4 Å². The molecule has 29 heavy (non-hydrogen) atoms. The van der Waals surface area contributed by atoms with Crippen molar-refractivity contribution in [2.24, 2.45) is 0 Å². The van der Waals surface area contributed by atoms with E-state index in [2.05, 4.69) is 0 Å². The van der Waals surface area contributed by atoms with Crippen LogP contribution in [-0.2, 0) is 12.4 Å². The standard InChI is InChI=1S/C20H14F3IO4S/c1-20(11-6-7-17(25)14(21)8-11,12-9-15(22)19(26)16(23)10-12)13-4-2-3-5-18(13)29(24,27)28/h2-10,25-26H,1H3. The third kappa shape index (κ3) is 3.80. The molecule has 0 amide bonds. The molecule has 0 spiro atoms. The van der Waals surface area contributed by atoms with Crippen LogP contribution in [0.25, 0.3) is 0 Å². The van der Waals surface area contributed by atoms with Gasteiger partial charge in [-0.2, -0.15) is 0 Å². The van der Waals surface area contributed by atoms with E-state index in [9.17, 15) is 31.8 Å². The third-order valence-corrected chi connectivity index (χ3v) is 7.11. The van der Waals surface area contributed by atoms with E-state index in [0.29, 0.717) is 0 Å². The molecule has 2 N–H and O–H groups in total. The largest absolute Gasteiger partial charge is 0.505 e. The summed E-state index contributed by atoms with van der Waals surface area (Å²) < 4.78 is 67.2. The van der Waals surface area contributed by atoms with Crippen molar-refractivity contribution in [2.75, 3.05) is 0 Å². The number of benzene rings is 3. The molecule has 3 aromatic carbocycles. The molecular weight excluding hydrogens is 520 g/mol. The molecule has 0 bridgehead atoms. The van der Waals surface area contributed by atoms with Crippen molar-refractivity contribution in [3.63, 3.8) is 0 Å². The maximum atomic E-state index is 14.2. The lowest BCUT2D eigenvalue weighted by Gasteiger charge is -2.33. The van der Waals surface area contributed by atoms with E-state index in [4.69, 9.17) is 0 Å². The second kappa shape index (κ2) is 7.52. The first-order valence-electron chi connectivity index (χ1n) is 8.18. The zero-order chi connectivity index (χ0) is 21.6. The molecule has 1 unspecified atom stereocenters. The number of hydrogen-bond acceptors (Lipinski definition) is 4. The minimum atomic E-state index is -3.79. The average Bonchev–Trinajstić information content (AvgIpc) is 2.66. The minimum Gasteiger partial charge on any atom is -0.505 e. The highest BCUT2D eigenvalue weighted by atomic mass is 127. The van der Waals surface area contributed by atoms with Gasteiger partial charge in [-0.3, -0.25) is 0 Å². The maximum absolute atomic E-state index is 14.2. The van der Waals surface area contributed by atoms with Crippen molar-refractivity contribution in [3.05, 3.63) is 88.7 Å². The molecule has 0 aliphatic heterocycles. The Morgan fingerprint density at radius 2 is 1.41 bits per heavy atom. The fourth-order valence-corrected chi connectivity index (χ4v) is 5.17. The van der Waals surface area contributed by atoms with Crippen molar-refractivity contribution in [2.45, 2.75) is 17.2 Å². The van der Waals surface area contributed by atoms with Crippen LogP contribution < -0.4 is 0 Å². The van der Waals surface area contributed by atoms with E-state index in [0.717, 1.165) is 24.3 Å². The van der Waals surface area contributed by atoms with Gasteiger partial charge in [0, 0.05) is 5.41 Å². The third-order valence-electron chi connectivity index (χ3n) is 4.81. The summed E-state index contributed by atoms with van der Waals surface area (Å²) in [6.45, 7) is 1.48. The fourth-order valence-electron chi connectivity index (χ4n) is 3.24. The predicted octanol–water partition coefficient (Wildman–Crippen LogP) is 4.99.